The third-order valence-electron chi connectivity index (χ3n) is 7.22. The van der Waals surface area contributed by atoms with Crippen molar-refractivity contribution in [1.82, 2.24) is 19.1 Å². The lowest BCUT2D eigenvalue weighted by molar-refractivity contribution is -0.188. The van der Waals surface area contributed by atoms with Crippen LogP contribution >= 0.6 is 6.72 Å². The van der Waals surface area contributed by atoms with E-state index in [1.807, 2.05) is 0 Å². The normalized spacial score (nSPS) is 38.3. The lowest BCUT2D eigenvalue weighted by Gasteiger charge is -2.33. The maximum absolute atomic E-state index is 12.4. The van der Waals surface area contributed by atoms with Gasteiger partial charge < -0.3 is 50.0 Å². The highest BCUT2D eigenvalue weighted by atomic mass is 32.5. The first kappa shape index (κ1) is 26.9. The first-order valence-electron chi connectivity index (χ1n) is 11.7. The van der Waals surface area contributed by atoms with Crippen LogP contribution in [0.4, 0.5) is 11.6 Å². The Kier molecular flexibility index (Phi) is 6.44. The van der Waals surface area contributed by atoms with Gasteiger partial charge in [-0.2, -0.15) is 9.97 Å². The molecule has 9 atom stereocenters. The second-order valence-electron chi connectivity index (χ2n) is 9.65. The maximum Gasteiger partial charge on any atom is 0.351 e. The Bertz CT molecular complexity index is 1460. The monoisotopic (exact) mass is 588 g/mol. The van der Waals surface area contributed by atoms with E-state index < -0.39 is 79.4 Å². The second kappa shape index (κ2) is 9.35. The summed E-state index contributed by atoms with van der Waals surface area (Å²) in [6, 6.07) is 2.79. The minimum absolute atomic E-state index is 0.0119. The van der Waals surface area contributed by atoms with Crippen molar-refractivity contribution in [1.29, 1.82) is 0 Å². The second-order valence-corrected chi connectivity index (χ2v) is 12.4. The molecule has 3 unspecified atom stereocenters. The van der Waals surface area contributed by atoms with E-state index in [0.29, 0.717) is 0 Å². The Balaban J connectivity index is 1.18. The highest BCUT2D eigenvalue weighted by Gasteiger charge is 2.65. The van der Waals surface area contributed by atoms with E-state index in [2.05, 4.69) is 9.97 Å². The van der Waals surface area contributed by atoms with Gasteiger partial charge in [0.1, 0.15) is 47.3 Å². The number of nitrogen functional groups attached to an aromatic ring is 2. The fraction of sp³-hybridized carbons (Fsp3) is 0.600. The summed E-state index contributed by atoms with van der Waals surface area (Å²) in [6.45, 7) is -5.35. The van der Waals surface area contributed by atoms with Crippen LogP contribution in [-0.4, -0.2) is 96.3 Å². The minimum atomic E-state index is -4.10. The van der Waals surface area contributed by atoms with Crippen LogP contribution < -0.4 is 22.8 Å². The van der Waals surface area contributed by atoms with Crippen LogP contribution in [0, 0.1) is 0 Å². The van der Waals surface area contributed by atoms with Crippen LogP contribution in [0.1, 0.15) is 12.5 Å². The number of fused-ring (bicyclic) bond motifs is 4. The zero-order valence-electron chi connectivity index (χ0n) is 20.0. The van der Waals surface area contributed by atoms with E-state index in [1.54, 1.807) is 0 Å². The van der Waals surface area contributed by atoms with Crippen molar-refractivity contribution in [3.05, 3.63) is 45.5 Å². The first-order valence-corrected chi connectivity index (χ1v) is 14.3. The van der Waals surface area contributed by atoms with Crippen molar-refractivity contribution in [2.45, 2.75) is 48.1 Å². The number of aromatic nitrogens is 4. The SMILES string of the molecule is Nc1ccn([C@@H]2O[C@]3(COP(O)(=S)O[C@@H]4C5OC[C@@]4(CO)O[C@H]5n4ccc(N)nc4=O)COC2[C@H]3O)c(=O)n1. The van der Waals surface area contributed by atoms with Gasteiger partial charge in [0, 0.05) is 12.4 Å². The number of ether oxygens (including phenoxy) is 4. The molecule has 0 saturated carbocycles. The zero-order valence-corrected chi connectivity index (χ0v) is 21.7. The average Bonchev–Trinajstić information content (AvgIpc) is 3.57. The lowest BCUT2D eigenvalue weighted by Crippen LogP contribution is -2.46. The Morgan fingerprint density at radius 3 is 2.15 bits per heavy atom. The molecular weight excluding hydrogens is 563 g/mol. The van der Waals surface area contributed by atoms with Crippen LogP contribution in [0.25, 0.3) is 0 Å². The molecule has 6 heterocycles. The van der Waals surface area contributed by atoms with E-state index >= 15 is 0 Å². The van der Waals surface area contributed by atoms with Crippen LogP contribution in [0.2, 0.25) is 0 Å². The number of aliphatic hydroxyl groups excluding tert-OH is 2. The van der Waals surface area contributed by atoms with E-state index in [0.717, 1.165) is 9.13 Å². The zero-order chi connectivity index (χ0) is 27.7. The number of hydrogen-bond donors (Lipinski definition) is 5. The molecule has 17 nitrogen and oxygen atoms in total. The van der Waals surface area contributed by atoms with Gasteiger partial charge in [-0.05, 0) is 23.9 Å². The molecule has 0 amide bonds. The number of aliphatic hydroxyl groups is 2. The summed E-state index contributed by atoms with van der Waals surface area (Å²) in [4.78, 5) is 42.9. The molecule has 0 radical (unpaired) electrons. The summed E-state index contributed by atoms with van der Waals surface area (Å²) in [5.41, 5.74) is 6.75. The predicted octanol–water partition coefficient (Wildman–Crippen LogP) is -3.03. The summed E-state index contributed by atoms with van der Waals surface area (Å²) >= 11 is 5.23. The van der Waals surface area contributed by atoms with Gasteiger partial charge in [0.25, 0.3) is 0 Å². The smallest absolute Gasteiger partial charge is 0.351 e. The third-order valence-corrected chi connectivity index (χ3v) is 8.74. The predicted molar refractivity (Wildman–Crippen MR) is 131 cm³/mol. The van der Waals surface area contributed by atoms with Gasteiger partial charge in [0.05, 0.1) is 26.4 Å². The molecule has 212 valence electrons. The van der Waals surface area contributed by atoms with E-state index in [-0.39, 0.29) is 24.8 Å². The molecule has 2 aromatic heterocycles. The molecule has 6 rings (SSSR count). The fourth-order valence-electron chi connectivity index (χ4n) is 5.23. The average molecular weight is 588 g/mol. The van der Waals surface area contributed by atoms with Crippen molar-refractivity contribution >= 4 is 30.2 Å². The Labute approximate surface area is 224 Å². The highest BCUT2D eigenvalue weighted by molar-refractivity contribution is 8.07. The molecule has 0 aliphatic carbocycles. The minimum Gasteiger partial charge on any atom is -0.393 e. The molecule has 4 bridgehead atoms. The van der Waals surface area contributed by atoms with Crippen LogP contribution in [-0.2, 0) is 39.8 Å². The molecule has 0 aromatic carbocycles. The van der Waals surface area contributed by atoms with Crippen molar-refractivity contribution in [2.24, 2.45) is 0 Å². The molecule has 7 N–H and O–H groups in total. The van der Waals surface area contributed by atoms with Gasteiger partial charge in [0.2, 0.25) is 0 Å². The summed E-state index contributed by atoms with van der Waals surface area (Å²) < 4.78 is 36.9. The summed E-state index contributed by atoms with van der Waals surface area (Å²) in [5, 5.41) is 21.0. The summed E-state index contributed by atoms with van der Waals surface area (Å²) in [5.74, 6) is 0.0316. The quantitative estimate of drug-likeness (QED) is 0.193. The molecule has 4 fully saturated rings. The van der Waals surface area contributed by atoms with E-state index in [1.165, 1.54) is 24.5 Å². The largest absolute Gasteiger partial charge is 0.393 e. The number of nitrogens with zero attached hydrogens (tertiary/aromatic N) is 4. The van der Waals surface area contributed by atoms with Gasteiger partial charge in [-0.3, -0.25) is 13.7 Å². The number of nitrogens with two attached hydrogens (primary N) is 2. The molecule has 39 heavy (non-hydrogen) atoms. The standard InChI is InChI=1S/C20H25N6O11PS/c21-9-1-3-25(17(29)23-9)15-11-13(28)20(36-15,7-32-11)8-34-38(31,39)37-14-12-16(35-19(14,5-27)6-33-12)26-4-2-10(22)24-18(26)30/h1-4,11-16,27-28H,5-8H2,(H,31,39)(H2,21,23,29)(H2,22,24,30)/t11?,12?,13-,14-,15-,16-,19-,20+,38?/m1/s1. The fourth-order valence-corrected chi connectivity index (χ4v) is 6.71. The molecule has 4 aliphatic heterocycles. The molecule has 4 saturated heterocycles. The van der Waals surface area contributed by atoms with Gasteiger partial charge in [-0.25, -0.2) is 9.59 Å². The molecular formula is C20H25N6O11PS. The van der Waals surface area contributed by atoms with Gasteiger partial charge >= 0.3 is 18.1 Å². The van der Waals surface area contributed by atoms with Gasteiger partial charge in [0.15, 0.2) is 12.5 Å². The first-order chi connectivity index (χ1) is 18.5. The maximum atomic E-state index is 12.4. The van der Waals surface area contributed by atoms with Crippen LogP contribution in [0.15, 0.2) is 34.1 Å². The summed E-state index contributed by atoms with van der Waals surface area (Å²) in [7, 11) is 0. The summed E-state index contributed by atoms with van der Waals surface area (Å²) in [6.07, 6.45) is -3.61. The molecule has 0 spiro atoms. The van der Waals surface area contributed by atoms with Crippen LogP contribution in [0.3, 0.4) is 0 Å². The van der Waals surface area contributed by atoms with Crippen molar-refractivity contribution in [3.8, 4) is 0 Å². The van der Waals surface area contributed by atoms with Crippen molar-refractivity contribution in [2.75, 3.05) is 37.9 Å². The third kappa shape index (κ3) is 4.32. The number of rotatable bonds is 8. The Hall–Kier alpha value is -2.35. The van der Waals surface area contributed by atoms with E-state index in [4.69, 9.17) is 51.3 Å². The van der Waals surface area contributed by atoms with Gasteiger partial charge in [-0.1, -0.05) is 0 Å². The Morgan fingerprint density at radius 1 is 1.03 bits per heavy atom. The Morgan fingerprint density at radius 2 is 1.56 bits per heavy atom. The number of anilines is 2. The van der Waals surface area contributed by atoms with Gasteiger partial charge in [-0.15, -0.1) is 0 Å². The molecule has 2 aromatic rings. The molecule has 19 heteroatoms. The van der Waals surface area contributed by atoms with Crippen molar-refractivity contribution in [3.63, 3.8) is 0 Å². The topological polar surface area (TPSA) is 238 Å². The lowest BCUT2D eigenvalue weighted by atomic mass is 10.0. The number of hydrogen-bond acceptors (Lipinski definition) is 15. The molecule has 4 aliphatic rings. The van der Waals surface area contributed by atoms with E-state index in [9.17, 15) is 24.7 Å². The van der Waals surface area contributed by atoms with Crippen molar-refractivity contribution < 1.29 is 43.1 Å². The highest BCUT2D eigenvalue weighted by Crippen LogP contribution is 2.56. The van der Waals surface area contributed by atoms with Crippen LogP contribution in [0.5, 0.6) is 0 Å².